The van der Waals surface area contributed by atoms with Crippen LogP contribution in [0.15, 0.2) is 71.0 Å². The quantitative estimate of drug-likeness (QED) is 0.213. The number of nitrogens with zero attached hydrogens (tertiary/aromatic N) is 3. The number of alkyl carbamates (subject to hydrolysis) is 1. The van der Waals surface area contributed by atoms with Gasteiger partial charge in [-0.05, 0) is 84.2 Å². The van der Waals surface area contributed by atoms with Gasteiger partial charge in [-0.25, -0.2) is 14.6 Å². The number of amides is 1. The molecule has 0 fully saturated rings. The lowest BCUT2D eigenvalue weighted by atomic mass is 9.90. The molecule has 10 heteroatoms. The number of aromatic nitrogens is 1. The number of fused-ring (bicyclic) bond motifs is 1. The number of pyridine rings is 1. The van der Waals surface area contributed by atoms with Gasteiger partial charge in [0.1, 0.15) is 28.7 Å². The Kier molecular flexibility index (Phi) is 8.92. The molecule has 42 heavy (non-hydrogen) atoms. The molecule has 2 aromatic carbocycles. The smallest absolute Gasteiger partial charge is 0.408 e. The second-order valence-corrected chi connectivity index (χ2v) is 12.7. The maximum Gasteiger partial charge on any atom is 0.408 e. The summed E-state index contributed by atoms with van der Waals surface area (Å²) in [5, 5.41) is 11.7. The number of hydrogen-bond acceptors (Lipinski definition) is 8. The molecule has 222 valence electrons. The normalized spacial score (nSPS) is 16.9. The minimum atomic E-state index is -1.29. The number of azo groups is 1. The van der Waals surface area contributed by atoms with Gasteiger partial charge < -0.3 is 19.5 Å². The van der Waals surface area contributed by atoms with Crippen LogP contribution in [0.5, 0.6) is 5.75 Å². The summed E-state index contributed by atoms with van der Waals surface area (Å²) in [5.74, 6) is -0.0267. The highest BCUT2D eigenvalue weighted by Gasteiger charge is 2.44. The zero-order valence-corrected chi connectivity index (χ0v) is 25.8. The van der Waals surface area contributed by atoms with Crippen molar-refractivity contribution in [3.05, 3.63) is 77.1 Å². The average molecular weight is 593 g/mol. The van der Waals surface area contributed by atoms with E-state index in [4.69, 9.17) is 25.8 Å². The average Bonchev–Trinajstić information content (AvgIpc) is 3.24. The number of nitrogens with one attached hydrogen (secondary N) is 1. The summed E-state index contributed by atoms with van der Waals surface area (Å²) in [4.78, 5) is 30.0. The van der Waals surface area contributed by atoms with Crippen molar-refractivity contribution in [1.82, 2.24) is 10.3 Å². The Morgan fingerprint density at radius 2 is 1.67 bits per heavy atom. The first kappa shape index (κ1) is 31.0. The molecule has 4 rings (SSSR count). The Balaban J connectivity index is 1.55. The number of hydrogen-bond donors (Lipinski definition) is 1. The summed E-state index contributed by atoms with van der Waals surface area (Å²) >= 11 is 6.52. The molecule has 1 aliphatic rings. The van der Waals surface area contributed by atoms with Gasteiger partial charge >= 0.3 is 12.1 Å². The molecule has 2 atom stereocenters. The van der Waals surface area contributed by atoms with E-state index in [2.05, 4.69) is 20.5 Å². The first-order valence-electron chi connectivity index (χ1n) is 13.8. The fraction of sp³-hybridized carbons (Fsp3) is 0.406. The molecule has 0 aliphatic carbocycles. The lowest BCUT2D eigenvalue weighted by Gasteiger charge is -2.26. The van der Waals surface area contributed by atoms with Crippen LogP contribution < -0.4 is 10.1 Å². The Hall–Kier alpha value is -3.98. The summed E-state index contributed by atoms with van der Waals surface area (Å²) in [7, 11) is 0. The van der Waals surface area contributed by atoms with E-state index in [0.29, 0.717) is 34.5 Å². The van der Waals surface area contributed by atoms with Crippen LogP contribution in [0.25, 0.3) is 11.1 Å². The van der Waals surface area contributed by atoms with Crippen LogP contribution in [-0.4, -0.2) is 40.9 Å². The second-order valence-electron chi connectivity index (χ2n) is 12.4. The number of esters is 1. The van der Waals surface area contributed by atoms with E-state index in [9.17, 15) is 9.59 Å². The molecular formula is C32H37ClN4O5. The molecule has 3 aromatic rings. The Morgan fingerprint density at radius 3 is 2.33 bits per heavy atom. The van der Waals surface area contributed by atoms with Gasteiger partial charge in [-0.1, -0.05) is 48.0 Å². The van der Waals surface area contributed by atoms with Crippen LogP contribution in [0.4, 0.5) is 10.5 Å². The molecule has 0 saturated carbocycles. The summed E-state index contributed by atoms with van der Waals surface area (Å²) in [6.07, 6.45) is 1.54. The van der Waals surface area contributed by atoms with Crippen molar-refractivity contribution < 1.29 is 23.8 Å². The second kappa shape index (κ2) is 12.1. The first-order valence-corrected chi connectivity index (χ1v) is 14.1. The zero-order chi connectivity index (χ0) is 30.7. The van der Waals surface area contributed by atoms with E-state index in [-0.39, 0.29) is 17.8 Å². The topological polar surface area (TPSA) is 111 Å². The highest BCUT2D eigenvalue weighted by Crippen LogP contribution is 2.44. The van der Waals surface area contributed by atoms with E-state index in [1.54, 1.807) is 19.1 Å². The van der Waals surface area contributed by atoms with E-state index in [0.717, 1.165) is 5.56 Å². The maximum absolute atomic E-state index is 13.1. The molecule has 1 aromatic heterocycles. The Labute approximate surface area is 251 Å². The van der Waals surface area contributed by atoms with E-state index in [1.165, 1.54) is 6.20 Å². The van der Waals surface area contributed by atoms with Gasteiger partial charge in [0.05, 0.1) is 17.9 Å². The van der Waals surface area contributed by atoms with Crippen molar-refractivity contribution in [2.75, 3.05) is 6.61 Å². The van der Waals surface area contributed by atoms with Crippen LogP contribution in [0, 0.1) is 0 Å². The third-order valence-electron chi connectivity index (χ3n) is 6.30. The van der Waals surface area contributed by atoms with Crippen molar-refractivity contribution in [2.45, 2.75) is 77.7 Å². The molecule has 1 amide bonds. The summed E-state index contributed by atoms with van der Waals surface area (Å²) < 4.78 is 17.2. The third-order valence-corrected chi connectivity index (χ3v) is 6.60. The highest BCUT2D eigenvalue weighted by atomic mass is 35.5. The molecule has 9 nitrogen and oxygen atoms in total. The summed E-state index contributed by atoms with van der Waals surface area (Å²) in [6.45, 7) is 12.7. The van der Waals surface area contributed by atoms with Crippen molar-refractivity contribution in [1.29, 1.82) is 0 Å². The van der Waals surface area contributed by atoms with Gasteiger partial charge in [-0.15, -0.1) is 0 Å². The van der Waals surface area contributed by atoms with Gasteiger partial charge in [-0.3, -0.25) is 0 Å². The van der Waals surface area contributed by atoms with Crippen LogP contribution in [0.1, 0.15) is 59.6 Å². The highest BCUT2D eigenvalue weighted by molar-refractivity contribution is 6.32. The molecular weight excluding hydrogens is 556 g/mol. The molecule has 2 heterocycles. The molecule has 1 unspecified atom stereocenters. The van der Waals surface area contributed by atoms with Gasteiger partial charge in [-0.2, -0.15) is 10.2 Å². The van der Waals surface area contributed by atoms with E-state index >= 15 is 0 Å². The monoisotopic (exact) mass is 592 g/mol. The van der Waals surface area contributed by atoms with Crippen molar-refractivity contribution in [3.8, 4) is 16.9 Å². The van der Waals surface area contributed by atoms with Crippen LogP contribution in [0.3, 0.4) is 0 Å². The molecule has 1 aliphatic heterocycles. The molecule has 0 bridgehead atoms. The van der Waals surface area contributed by atoms with E-state index < -0.39 is 28.8 Å². The van der Waals surface area contributed by atoms with Gasteiger partial charge in [0.2, 0.25) is 5.54 Å². The number of rotatable bonds is 8. The number of halogens is 1. The predicted molar refractivity (Wildman–Crippen MR) is 161 cm³/mol. The maximum atomic E-state index is 13.1. The molecule has 0 radical (unpaired) electrons. The van der Waals surface area contributed by atoms with Gasteiger partial charge in [0.25, 0.3) is 0 Å². The first-order chi connectivity index (χ1) is 19.6. The van der Waals surface area contributed by atoms with Crippen LogP contribution in [0.2, 0.25) is 5.15 Å². The Morgan fingerprint density at radius 1 is 0.976 bits per heavy atom. The number of carbonyl (C=O) groups excluding carboxylic acids is 2. The summed E-state index contributed by atoms with van der Waals surface area (Å²) in [6, 6.07) is 16.7. The lowest BCUT2D eigenvalue weighted by Crippen LogP contribution is -2.43. The van der Waals surface area contributed by atoms with Crippen molar-refractivity contribution >= 4 is 29.4 Å². The predicted octanol–water partition coefficient (Wildman–Crippen LogP) is 7.57. The standard InChI is InChI=1S/C32H37ClN4O5/c1-30(2,3)41-28(38)32(7)25-16-21(13-14-26(25)36-37-32)24-17-23(18-34-27(24)33)40-19-22(15-20-11-9-8-10-12-20)35-29(39)42-31(4,5)6/h8-14,16-18,22H,15,19H2,1-7H3,(H,35,39)/t22-,32?/m0/s1. The largest absolute Gasteiger partial charge is 0.490 e. The molecule has 0 saturated heterocycles. The van der Waals surface area contributed by atoms with Crippen LogP contribution in [-0.2, 0) is 26.2 Å². The SMILES string of the molecule is CC(C)(C)OC(=O)N[C@H](COc1cnc(Cl)c(-c2ccc3c(c2)C(C)(C(=O)OC(C)(C)C)N=N3)c1)Cc1ccccc1. The van der Waals surface area contributed by atoms with Crippen LogP contribution >= 0.6 is 11.6 Å². The fourth-order valence-corrected chi connectivity index (χ4v) is 4.56. The lowest BCUT2D eigenvalue weighted by molar-refractivity contribution is -0.161. The van der Waals surface area contributed by atoms with Gasteiger partial charge in [0, 0.05) is 11.1 Å². The third kappa shape index (κ3) is 7.85. The minimum absolute atomic E-state index is 0.162. The summed E-state index contributed by atoms with van der Waals surface area (Å²) in [5.41, 5.74) is 0.964. The Bertz CT molecular complexity index is 1480. The number of ether oxygens (including phenoxy) is 3. The van der Waals surface area contributed by atoms with Crippen molar-refractivity contribution in [3.63, 3.8) is 0 Å². The molecule has 0 spiro atoms. The zero-order valence-electron chi connectivity index (χ0n) is 25.0. The number of benzene rings is 2. The number of carbonyl (C=O) groups is 2. The minimum Gasteiger partial charge on any atom is -0.490 e. The molecule has 1 N–H and O–H groups in total. The van der Waals surface area contributed by atoms with E-state index in [1.807, 2.05) is 84.0 Å². The van der Waals surface area contributed by atoms with Crippen molar-refractivity contribution in [2.24, 2.45) is 10.2 Å². The fourth-order valence-electron chi connectivity index (χ4n) is 4.35. The van der Waals surface area contributed by atoms with Gasteiger partial charge in [0.15, 0.2) is 0 Å².